The summed E-state index contributed by atoms with van der Waals surface area (Å²) in [6.45, 7) is 3.00. The van der Waals surface area contributed by atoms with Crippen molar-refractivity contribution in [1.29, 1.82) is 0 Å². The van der Waals surface area contributed by atoms with Crippen molar-refractivity contribution in [3.05, 3.63) is 0 Å². The van der Waals surface area contributed by atoms with Crippen molar-refractivity contribution in [3.63, 3.8) is 0 Å². The van der Waals surface area contributed by atoms with Crippen LogP contribution in [0.25, 0.3) is 0 Å². The van der Waals surface area contributed by atoms with Crippen molar-refractivity contribution >= 4 is 37.1 Å². The Kier molecular flexibility index (Phi) is 7.01. The van der Waals surface area contributed by atoms with Crippen molar-refractivity contribution in [2.24, 2.45) is 11.8 Å². The molecule has 2 aliphatic carbocycles. The molecule has 142 valence electrons. The summed E-state index contributed by atoms with van der Waals surface area (Å²) >= 11 is 9.06. The van der Waals surface area contributed by atoms with E-state index in [1.54, 1.807) is 0 Å². The Labute approximate surface area is 162 Å². The average molecular weight is 385 g/mol. The lowest BCUT2D eigenvalue weighted by atomic mass is 9.87. The molecule has 0 bridgehead atoms. The third-order valence-corrected chi connectivity index (χ3v) is 7.24. The highest BCUT2D eigenvalue weighted by Crippen LogP contribution is 2.30. The zero-order chi connectivity index (χ0) is 17.8. The molecule has 1 heterocycles. The van der Waals surface area contributed by atoms with Crippen LogP contribution in [0.15, 0.2) is 0 Å². The molecular weight excluding hydrogens is 352 g/mol. The summed E-state index contributed by atoms with van der Waals surface area (Å²) < 4.78 is 0. The summed E-state index contributed by atoms with van der Waals surface area (Å²) in [4.78, 5) is 29.7. The molecule has 2 saturated carbocycles. The Morgan fingerprint density at radius 1 is 0.600 bits per heavy atom. The molecule has 0 spiro atoms. The van der Waals surface area contributed by atoms with Gasteiger partial charge in [0, 0.05) is 48.5 Å². The van der Waals surface area contributed by atoms with Crippen LogP contribution in [0.1, 0.15) is 57.8 Å². The van der Waals surface area contributed by atoms with Crippen LogP contribution in [0.3, 0.4) is 0 Å². The van der Waals surface area contributed by atoms with Crippen LogP contribution in [0.2, 0.25) is 0 Å². The van der Waals surface area contributed by atoms with Gasteiger partial charge in [-0.15, -0.1) is 0 Å². The molecule has 4 nitrogen and oxygen atoms in total. The minimum atomic E-state index is 0.177. The van der Waals surface area contributed by atoms with Crippen molar-refractivity contribution < 1.29 is 9.59 Å². The second-order valence-electron chi connectivity index (χ2n) is 8.02. The van der Waals surface area contributed by atoms with Gasteiger partial charge in [-0.2, -0.15) is 25.3 Å². The predicted molar refractivity (Wildman–Crippen MR) is 107 cm³/mol. The standard InChI is InChI=1S/C19H32N2O2S2/c22-18(14-2-6-16(24)7-3-14)20-10-1-11-21(13-12-20)19(23)15-4-8-17(25)9-5-15/h14-17,24-25H,1-13H2. The Bertz CT molecular complexity index is 430. The van der Waals surface area contributed by atoms with Crippen LogP contribution in [-0.2, 0) is 9.59 Å². The van der Waals surface area contributed by atoms with Crippen LogP contribution in [-0.4, -0.2) is 58.3 Å². The lowest BCUT2D eigenvalue weighted by Crippen LogP contribution is -2.42. The van der Waals surface area contributed by atoms with E-state index in [-0.39, 0.29) is 11.8 Å². The summed E-state index contributed by atoms with van der Waals surface area (Å²) in [5.41, 5.74) is 0. The largest absolute Gasteiger partial charge is 0.341 e. The fourth-order valence-corrected chi connectivity index (χ4v) is 5.12. The minimum Gasteiger partial charge on any atom is -0.341 e. The highest BCUT2D eigenvalue weighted by Gasteiger charge is 2.32. The van der Waals surface area contributed by atoms with Gasteiger partial charge in [0.1, 0.15) is 0 Å². The van der Waals surface area contributed by atoms with Gasteiger partial charge in [-0.3, -0.25) is 9.59 Å². The van der Waals surface area contributed by atoms with E-state index in [4.69, 9.17) is 0 Å². The quantitative estimate of drug-likeness (QED) is 0.719. The number of nitrogens with zero attached hydrogens (tertiary/aromatic N) is 2. The maximum absolute atomic E-state index is 12.8. The first kappa shape index (κ1) is 19.4. The van der Waals surface area contributed by atoms with Gasteiger partial charge in [0.2, 0.25) is 11.8 Å². The lowest BCUT2D eigenvalue weighted by Gasteiger charge is -2.31. The molecule has 3 aliphatic rings. The summed E-state index contributed by atoms with van der Waals surface area (Å²) in [7, 11) is 0. The molecule has 0 aromatic carbocycles. The molecule has 25 heavy (non-hydrogen) atoms. The minimum absolute atomic E-state index is 0.177. The molecule has 1 saturated heterocycles. The van der Waals surface area contributed by atoms with E-state index in [1.165, 1.54) is 0 Å². The van der Waals surface area contributed by atoms with Gasteiger partial charge in [-0.1, -0.05) is 0 Å². The van der Waals surface area contributed by atoms with Gasteiger partial charge in [0.05, 0.1) is 0 Å². The maximum Gasteiger partial charge on any atom is 0.225 e. The number of carbonyl (C=O) groups excluding carboxylic acids is 2. The third-order valence-electron chi connectivity index (χ3n) is 6.21. The van der Waals surface area contributed by atoms with Gasteiger partial charge in [0.15, 0.2) is 0 Å². The van der Waals surface area contributed by atoms with E-state index < -0.39 is 0 Å². The number of carbonyl (C=O) groups is 2. The van der Waals surface area contributed by atoms with Gasteiger partial charge in [0.25, 0.3) is 0 Å². The first-order valence-electron chi connectivity index (χ1n) is 9.98. The van der Waals surface area contributed by atoms with Crippen molar-refractivity contribution in [1.82, 2.24) is 9.80 Å². The van der Waals surface area contributed by atoms with E-state index in [9.17, 15) is 9.59 Å². The average Bonchev–Trinajstić information content (AvgIpc) is 2.88. The zero-order valence-corrected chi connectivity index (χ0v) is 16.9. The van der Waals surface area contributed by atoms with Crippen LogP contribution >= 0.6 is 25.3 Å². The first-order chi connectivity index (χ1) is 12.0. The van der Waals surface area contributed by atoms with Crippen LogP contribution < -0.4 is 0 Å². The summed E-state index contributed by atoms with van der Waals surface area (Å²) in [6, 6.07) is 0. The second kappa shape index (κ2) is 9.03. The number of hydrogen-bond donors (Lipinski definition) is 2. The van der Waals surface area contributed by atoms with E-state index in [2.05, 4.69) is 25.3 Å². The van der Waals surface area contributed by atoms with Crippen molar-refractivity contribution in [2.45, 2.75) is 68.3 Å². The summed E-state index contributed by atoms with van der Waals surface area (Å²) in [6.07, 6.45) is 8.98. The number of amides is 2. The Hall–Kier alpha value is -0.360. The van der Waals surface area contributed by atoms with Crippen LogP contribution in [0.5, 0.6) is 0 Å². The highest BCUT2D eigenvalue weighted by molar-refractivity contribution is 7.81. The fourth-order valence-electron chi connectivity index (χ4n) is 4.52. The molecule has 0 aromatic heterocycles. The molecule has 6 heteroatoms. The van der Waals surface area contributed by atoms with E-state index >= 15 is 0 Å². The number of rotatable bonds is 2. The van der Waals surface area contributed by atoms with E-state index in [1.807, 2.05) is 9.80 Å². The van der Waals surface area contributed by atoms with Crippen molar-refractivity contribution in [2.75, 3.05) is 26.2 Å². The van der Waals surface area contributed by atoms with Gasteiger partial charge in [-0.25, -0.2) is 0 Å². The lowest BCUT2D eigenvalue weighted by molar-refractivity contribution is -0.138. The van der Waals surface area contributed by atoms with Crippen LogP contribution in [0.4, 0.5) is 0 Å². The second-order valence-corrected chi connectivity index (χ2v) is 9.48. The normalized spacial score (nSPS) is 34.5. The highest BCUT2D eigenvalue weighted by atomic mass is 32.1. The Morgan fingerprint density at radius 3 is 1.32 bits per heavy atom. The van der Waals surface area contributed by atoms with Gasteiger partial charge in [-0.05, 0) is 57.8 Å². The zero-order valence-electron chi connectivity index (χ0n) is 15.1. The van der Waals surface area contributed by atoms with Crippen molar-refractivity contribution in [3.8, 4) is 0 Å². The Balaban J connectivity index is 1.50. The Morgan fingerprint density at radius 2 is 0.960 bits per heavy atom. The molecular formula is C19H32N2O2S2. The smallest absolute Gasteiger partial charge is 0.225 e. The molecule has 0 N–H and O–H groups in total. The van der Waals surface area contributed by atoms with E-state index in [0.717, 1.165) is 70.9 Å². The third kappa shape index (κ3) is 5.09. The molecule has 0 aromatic rings. The molecule has 3 rings (SSSR count). The SMILES string of the molecule is O=C(C1CCC(S)CC1)N1CCCN(C(=O)C2CCC(S)CC2)CC1. The number of hydrogen-bond acceptors (Lipinski definition) is 4. The summed E-state index contributed by atoms with van der Waals surface area (Å²) in [5, 5.41) is 0.933. The fraction of sp³-hybridized carbons (Fsp3) is 0.895. The summed E-state index contributed by atoms with van der Waals surface area (Å²) in [5.74, 6) is 0.975. The van der Waals surface area contributed by atoms with Gasteiger partial charge < -0.3 is 9.80 Å². The molecule has 2 amide bonds. The topological polar surface area (TPSA) is 40.6 Å². The number of thiol groups is 2. The maximum atomic E-state index is 12.8. The molecule has 0 unspecified atom stereocenters. The molecule has 1 aliphatic heterocycles. The molecule has 3 fully saturated rings. The van der Waals surface area contributed by atoms with Gasteiger partial charge >= 0.3 is 0 Å². The van der Waals surface area contributed by atoms with E-state index in [0.29, 0.717) is 35.4 Å². The molecule has 0 radical (unpaired) electrons. The predicted octanol–water partition coefficient (Wildman–Crippen LogP) is 3.02. The van der Waals surface area contributed by atoms with Crippen LogP contribution in [0, 0.1) is 11.8 Å². The molecule has 0 atom stereocenters. The first-order valence-corrected chi connectivity index (χ1v) is 11.0. The monoisotopic (exact) mass is 384 g/mol.